The molecule has 100 valence electrons. The molecule has 0 heterocycles. The summed E-state index contributed by atoms with van der Waals surface area (Å²) in [5.74, 6) is 0.0439. The fourth-order valence-electron chi connectivity index (χ4n) is 1.60. The van der Waals surface area contributed by atoms with Crippen LogP contribution in [0.15, 0.2) is 24.3 Å². The van der Waals surface area contributed by atoms with E-state index in [1.165, 1.54) is 11.3 Å². The summed E-state index contributed by atoms with van der Waals surface area (Å²) in [6.45, 7) is 5.16. The molecule has 0 aromatic heterocycles. The van der Waals surface area contributed by atoms with Gasteiger partial charge in [-0.3, -0.25) is 4.79 Å². The Bertz CT molecular complexity index is 373. The predicted molar refractivity (Wildman–Crippen MR) is 75.8 cm³/mol. The molecule has 0 bridgehead atoms. The van der Waals surface area contributed by atoms with Gasteiger partial charge in [0.15, 0.2) is 0 Å². The minimum Gasteiger partial charge on any atom is -0.378 e. The maximum absolute atomic E-state index is 11.5. The molecule has 18 heavy (non-hydrogen) atoms. The van der Waals surface area contributed by atoms with Crippen molar-refractivity contribution >= 4 is 11.6 Å². The van der Waals surface area contributed by atoms with Gasteiger partial charge in [-0.15, -0.1) is 0 Å². The van der Waals surface area contributed by atoms with Gasteiger partial charge in [0, 0.05) is 32.9 Å². The summed E-state index contributed by atoms with van der Waals surface area (Å²) in [5.41, 5.74) is 2.35. The third kappa shape index (κ3) is 4.37. The Morgan fingerprint density at radius 3 is 2.39 bits per heavy atom. The highest BCUT2D eigenvalue weighted by molar-refractivity contribution is 5.81. The summed E-state index contributed by atoms with van der Waals surface area (Å²) in [5, 5.41) is 6.00. The fourth-order valence-corrected chi connectivity index (χ4v) is 1.60. The van der Waals surface area contributed by atoms with Gasteiger partial charge in [0.1, 0.15) is 0 Å². The average molecular weight is 249 g/mol. The summed E-state index contributed by atoms with van der Waals surface area (Å²) >= 11 is 0. The number of carbonyl (C=O) groups excluding carboxylic acids is 1. The monoisotopic (exact) mass is 249 g/mol. The number of nitrogens with one attached hydrogen (secondary N) is 2. The van der Waals surface area contributed by atoms with E-state index in [0.29, 0.717) is 13.1 Å². The van der Waals surface area contributed by atoms with Crippen LogP contribution in [-0.2, 0) is 11.3 Å². The molecule has 0 aliphatic heterocycles. The Morgan fingerprint density at radius 2 is 1.89 bits per heavy atom. The van der Waals surface area contributed by atoms with Gasteiger partial charge < -0.3 is 15.5 Å². The Labute approximate surface area is 109 Å². The van der Waals surface area contributed by atoms with Crippen molar-refractivity contribution in [1.29, 1.82) is 0 Å². The van der Waals surface area contributed by atoms with Crippen LogP contribution in [0.25, 0.3) is 0 Å². The Kier molecular flexibility index (Phi) is 5.65. The highest BCUT2D eigenvalue weighted by Gasteiger charge is 2.10. The van der Waals surface area contributed by atoms with Crippen molar-refractivity contribution in [2.45, 2.75) is 26.4 Å². The summed E-state index contributed by atoms with van der Waals surface area (Å²) in [7, 11) is 4.04. The van der Waals surface area contributed by atoms with Crippen LogP contribution in [0.4, 0.5) is 5.69 Å². The molecule has 0 aliphatic carbocycles. The van der Waals surface area contributed by atoms with Crippen LogP contribution >= 0.6 is 0 Å². The first kappa shape index (κ1) is 14.5. The maximum Gasteiger partial charge on any atom is 0.236 e. The molecule has 0 saturated heterocycles. The number of hydrogen-bond acceptors (Lipinski definition) is 3. The van der Waals surface area contributed by atoms with Gasteiger partial charge in [-0.2, -0.15) is 0 Å². The lowest BCUT2D eigenvalue weighted by Crippen LogP contribution is -2.41. The van der Waals surface area contributed by atoms with E-state index in [4.69, 9.17) is 0 Å². The Morgan fingerprint density at radius 1 is 1.28 bits per heavy atom. The normalized spacial score (nSPS) is 12.0. The molecule has 0 saturated carbocycles. The van der Waals surface area contributed by atoms with Crippen molar-refractivity contribution in [2.24, 2.45) is 0 Å². The number of benzene rings is 1. The van der Waals surface area contributed by atoms with Crippen molar-refractivity contribution < 1.29 is 4.79 Å². The summed E-state index contributed by atoms with van der Waals surface area (Å²) in [6, 6.07) is 8.14. The number of rotatable bonds is 6. The molecule has 2 N–H and O–H groups in total. The summed E-state index contributed by atoms with van der Waals surface area (Å²) in [6.07, 6.45) is 0. The van der Waals surface area contributed by atoms with Crippen molar-refractivity contribution in [1.82, 2.24) is 10.6 Å². The molecule has 0 fully saturated rings. The zero-order valence-corrected chi connectivity index (χ0v) is 11.7. The minimum atomic E-state index is -0.168. The SMILES string of the molecule is CCNC(=O)C(C)NCc1ccc(N(C)C)cc1. The molecule has 0 radical (unpaired) electrons. The van der Waals surface area contributed by atoms with E-state index in [9.17, 15) is 4.79 Å². The van der Waals surface area contributed by atoms with Crippen molar-refractivity contribution in [3.8, 4) is 0 Å². The van der Waals surface area contributed by atoms with E-state index in [1.807, 2.05) is 27.9 Å². The standard InChI is InChI=1S/C14H23N3O/c1-5-15-14(18)11(2)16-10-12-6-8-13(9-7-12)17(3)4/h6-9,11,16H,5,10H2,1-4H3,(H,15,18). The highest BCUT2D eigenvalue weighted by atomic mass is 16.2. The van der Waals surface area contributed by atoms with Crippen LogP contribution in [0.1, 0.15) is 19.4 Å². The van der Waals surface area contributed by atoms with Gasteiger partial charge in [0.05, 0.1) is 6.04 Å². The molecule has 4 heteroatoms. The zero-order chi connectivity index (χ0) is 13.5. The van der Waals surface area contributed by atoms with Gasteiger partial charge in [-0.05, 0) is 31.5 Å². The fraction of sp³-hybridized carbons (Fsp3) is 0.500. The molecule has 1 aromatic rings. The van der Waals surface area contributed by atoms with Crippen LogP contribution in [-0.4, -0.2) is 32.6 Å². The number of anilines is 1. The molecule has 0 aliphatic rings. The van der Waals surface area contributed by atoms with Gasteiger partial charge in [0.2, 0.25) is 5.91 Å². The molecular weight excluding hydrogens is 226 g/mol. The van der Waals surface area contributed by atoms with Crippen molar-refractivity contribution in [2.75, 3.05) is 25.5 Å². The summed E-state index contributed by atoms with van der Waals surface area (Å²) < 4.78 is 0. The lowest BCUT2D eigenvalue weighted by atomic mass is 10.2. The minimum absolute atomic E-state index is 0.0439. The number of nitrogens with zero attached hydrogens (tertiary/aromatic N) is 1. The smallest absolute Gasteiger partial charge is 0.236 e. The Hall–Kier alpha value is -1.55. The second-order valence-corrected chi connectivity index (χ2v) is 4.56. The van der Waals surface area contributed by atoms with E-state index < -0.39 is 0 Å². The first-order valence-electron chi connectivity index (χ1n) is 6.32. The molecule has 0 spiro atoms. The van der Waals surface area contributed by atoms with Gasteiger partial charge >= 0.3 is 0 Å². The van der Waals surface area contributed by atoms with Crippen LogP contribution in [0.3, 0.4) is 0 Å². The molecule has 1 atom stereocenters. The number of hydrogen-bond donors (Lipinski definition) is 2. The third-order valence-corrected chi connectivity index (χ3v) is 2.81. The lowest BCUT2D eigenvalue weighted by molar-refractivity contribution is -0.122. The molecule has 1 aromatic carbocycles. The van der Waals surface area contributed by atoms with E-state index in [1.54, 1.807) is 0 Å². The van der Waals surface area contributed by atoms with E-state index in [-0.39, 0.29) is 11.9 Å². The number of likely N-dealkylation sites (N-methyl/N-ethyl adjacent to an activating group) is 1. The maximum atomic E-state index is 11.5. The highest BCUT2D eigenvalue weighted by Crippen LogP contribution is 2.12. The lowest BCUT2D eigenvalue weighted by Gasteiger charge is -2.15. The topological polar surface area (TPSA) is 44.4 Å². The summed E-state index contributed by atoms with van der Waals surface area (Å²) in [4.78, 5) is 13.6. The number of amides is 1. The molecular formula is C14H23N3O. The number of carbonyl (C=O) groups is 1. The van der Waals surface area contributed by atoms with Crippen LogP contribution in [0.2, 0.25) is 0 Å². The van der Waals surface area contributed by atoms with E-state index >= 15 is 0 Å². The average Bonchev–Trinajstić information content (AvgIpc) is 2.36. The van der Waals surface area contributed by atoms with Crippen molar-refractivity contribution in [3.05, 3.63) is 29.8 Å². The second-order valence-electron chi connectivity index (χ2n) is 4.56. The first-order valence-corrected chi connectivity index (χ1v) is 6.32. The molecule has 1 unspecified atom stereocenters. The predicted octanol–water partition coefficient (Wildman–Crippen LogP) is 1.37. The second kappa shape index (κ2) is 7.01. The molecule has 4 nitrogen and oxygen atoms in total. The van der Waals surface area contributed by atoms with Crippen LogP contribution in [0, 0.1) is 0 Å². The van der Waals surface area contributed by atoms with Gasteiger partial charge in [0.25, 0.3) is 0 Å². The van der Waals surface area contributed by atoms with Gasteiger partial charge in [-0.25, -0.2) is 0 Å². The van der Waals surface area contributed by atoms with E-state index in [0.717, 1.165) is 0 Å². The van der Waals surface area contributed by atoms with Crippen LogP contribution < -0.4 is 15.5 Å². The largest absolute Gasteiger partial charge is 0.378 e. The van der Waals surface area contributed by atoms with Crippen molar-refractivity contribution in [3.63, 3.8) is 0 Å². The molecule has 1 amide bonds. The first-order chi connectivity index (χ1) is 8.54. The van der Waals surface area contributed by atoms with E-state index in [2.05, 4.69) is 39.8 Å². The molecule has 1 rings (SSSR count). The zero-order valence-electron chi connectivity index (χ0n) is 11.7. The quantitative estimate of drug-likeness (QED) is 0.800. The van der Waals surface area contributed by atoms with Gasteiger partial charge in [-0.1, -0.05) is 12.1 Å². The Balaban J connectivity index is 2.46. The van der Waals surface area contributed by atoms with Crippen LogP contribution in [0.5, 0.6) is 0 Å². The third-order valence-electron chi connectivity index (χ3n) is 2.81.